The summed E-state index contributed by atoms with van der Waals surface area (Å²) in [6, 6.07) is 22.5. The molecule has 0 aliphatic rings. The second-order valence-electron chi connectivity index (χ2n) is 5.75. The van der Waals surface area contributed by atoms with E-state index in [1.54, 1.807) is 18.2 Å². The van der Waals surface area contributed by atoms with Gasteiger partial charge in [0.25, 0.3) is 0 Å². The average Bonchev–Trinajstić information content (AvgIpc) is 2.66. The second-order valence-corrected chi connectivity index (χ2v) is 5.75. The van der Waals surface area contributed by atoms with Gasteiger partial charge in [-0.25, -0.2) is 4.79 Å². The molecule has 0 bridgehead atoms. The first-order valence-electron chi connectivity index (χ1n) is 7.95. The van der Waals surface area contributed by atoms with E-state index >= 15 is 0 Å². The topological polar surface area (TPSA) is 47.3 Å². The molecule has 0 unspecified atom stereocenters. The first-order chi connectivity index (χ1) is 12.2. The lowest BCUT2D eigenvalue weighted by molar-refractivity contribution is 0.104. The van der Waals surface area contributed by atoms with Crippen LogP contribution in [0.15, 0.2) is 88.1 Å². The molecule has 0 saturated carbocycles. The maximum absolute atomic E-state index is 12.5. The minimum absolute atomic E-state index is 0.0380. The van der Waals surface area contributed by atoms with Crippen molar-refractivity contribution in [1.82, 2.24) is 0 Å². The molecular weight excluding hydrogens is 312 g/mol. The Labute approximate surface area is 143 Å². The van der Waals surface area contributed by atoms with E-state index in [-0.39, 0.29) is 11.3 Å². The Bertz CT molecular complexity index is 1170. The summed E-state index contributed by atoms with van der Waals surface area (Å²) in [5.74, 6) is -0.368. The number of carbonyl (C=O) groups is 1. The highest BCUT2D eigenvalue weighted by molar-refractivity contribution is 6.11. The minimum Gasteiger partial charge on any atom is -0.422 e. The molecule has 3 aromatic carbocycles. The van der Waals surface area contributed by atoms with Crippen molar-refractivity contribution in [3.8, 4) is 0 Å². The molecule has 1 aromatic heterocycles. The summed E-state index contributed by atoms with van der Waals surface area (Å²) in [5.41, 5.74) is 0.792. The van der Waals surface area contributed by atoms with E-state index in [0.717, 1.165) is 21.7 Å². The minimum atomic E-state index is -0.620. The average molecular weight is 326 g/mol. The van der Waals surface area contributed by atoms with Crippen LogP contribution in [0.4, 0.5) is 0 Å². The van der Waals surface area contributed by atoms with Crippen LogP contribution < -0.4 is 5.63 Å². The maximum Gasteiger partial charge on any atom is 0.347 e. The van der Waals surface area contributed by atoms with Crippen molar-refractivity contribution in [3.05, 3.63) is 100 Å². The van der Waals surface area contributed by atoms with Crippen molar-refractivity contribution < 1.29 is 9.21 Å². The zero-order valence-corrected chi connectivity index (χ0v) is 13.3. The van der Waals surface area contributed by atoms with E-state index in [1.807, 2.05) is 60.7 Å². The number of carbonyl (C=O) groups excluding carboxylic acids is 1. The van der Waals surface area contributed by atoms with E-state index in [1.165, 1.54) is 6.08 Å². The summed E-state index contributed by atoms with van der Waals surface area (Å²) < 4.78 is 5.36. The van der Waals surface area contributed by atoms with Gasteiger partial charge in [-0.15, -0.1) is 0 Å². The Morgan fingerprint density at radius 3 is 2.44 bits per heavy atom. The summed E-state index contributed by atoms with van der Waals surface area (Å²) >= 11 is 0. The van der Waals surface area contributed by atoms with Crippen LogP contribution in [0.5, 0.6) is 0 Å². The fraction of sp³-hybridized carbons (Fsp3) is 0. The van der Waals surface area contributed by atoms with Crippen LogP contribution >= 0.6 is 0 Å². The number of ketones is 1. The first-order valence-corrected chi connectivity index (χ1v) is 7.95. The zero-order chi connectivity index (χ0) is 17.2. The Balaban J connectivity index is 1.82. The quantitative estimate of drug-likeness (QED) is 0.234. The predicted octanol–water partition coefficient (Wildman–Crippen LogP) is 4.84. The van der Waals surface area contributed by atoms with Crippen LogP contribution in [0, 0.1) is 0 Å². The maximum atomic E-state index is 12.5. The Morgan fingerprint density at radius 2 is 1.60 bits per heavy atom. The van der Waals surface area contributed by atoms with E-state index in [9.17, 15) is 9.59 Å². The smallest absolute Gasteiger partial charge is 0.347 e. The third kappa shape index (κ3) is 2.88. The Morgan fingerprint density at radius 1 is 0.840 bits per heavy atom. The van der Waals surface area contributed by atoms with E-state index in [2.05, 4.69) is 0 Å². The molecule has 0 radical (unpaired) electrons. The molecule has 0 spiro atoms. The van der Waals surface area contributed by atoms with Crippen LogP contribution in [-0.4, -0.2) is 5.78 Å². The lowest BCUT2D eigenvalue weighted by atomic mass is 10.0. The number of hydrogen-bond acceptors (Lipinski definition) is 3. The molecule has 1 heterocycles. The van der Waals surface area contributed by atoms with Crippen molar-refractivity contribution >= 4 is 33.6 Å². The molecular formula is C22H14O3. The summed E-state index contributed by atoms with van der Waals surface area (Å²) in [7, 11) is 0. The van der Waals surface area contributed by atoms with Gasteiger partial charge in [0, 0.05) is 5.39 Å². The fourth-order valence-corrected chi connectivity index (χ4v) is 2.87. The number of hydrogen-bond donors (Lipinski definition) is 0. The Hall–Kier alpha value is -3.46. The highest BCUT2D eigenvalue weighted by Gasteiger charge is 2.12. The monoisotopic (exact) mass is 326 g/mol. The van der Waals surface area contributed by atoms with Gasteiger partial charge in [-0.1, -0.05) is 66.7 Å². The van der Waals surface area contributed by atoms with Gasteiger partial charge in [-0.2, -0.15) is 0 Å². The second kappa shape index (κ2) is 6.21. The van der Waals surface area contributed by atoms with Gasteiger partial charge in [0.1, 0.15) is 11.1 Å². The number of rotatable bonds is 3. The summed E-state index contributed by atoms with van der Waals surface area (Å²) in [6.45, 7) is 0. The predicted molar refractivity (Wildman–Crippen MR) is 99.8 cm³/mol. The summed E-state index contributed by atoms with van der Waals surface area (Å²) in [5, 5.41) is 2.74. The van der Waals surface area contributed by atoms with Crippen molar-refractivity contribution in [1.29, 1.82) is 0 Å². The van der Waals surface area contributed by atoms with Gasteiger partial charge >= 0.3 is 5.63 Å². The number of fused-ring (bicyclic) bond motifs is 3. The summed E-state index contributed by atoms with van der Waals surface area (Å²) in [4.78, 5) is 24.7. The lowest BCUT2D eigenvalue weighted by Crippen LogP contribution is -2.12. The SMILES string of the molecule is O=C(/C=C\c1ccccc1)c1cc2c(ccc3ccccc32)oc1=O. The zero-order valence-electron chi connectivity index (χ0n) is 13.3. The molecule has 0 aliphatic carbocycles. The van der Waals surface area contributed by atoms with Crippen molar-refractivity contribution in [2.75, 3.05) is 0 Å². The molecule has 3 nitrogen and oxygen atoms in total. The van der Waals surface area contributed by atoms with Crippen LogP contribution in [0.3, 0.4) is 0 Å². The molecule has 25 heavy (non-hydrogen) atoms. The third-order valence-electron chi connectivity index (χ3n) is 4.13. The number of benzene rings is 3. The highest BCUT2D eigenvalue weighted by Crippen LogP contribution is 2.25. The van der Waals surface area contributed by atoms with Gasteiger partial charge in [0.05, 0.1) is 0 Å². The molecule has 3 heteroatoms. The van der Waals surface area contributed by atoms with E-state index in [4.69, 9.17) is 4.42 Å². The first kappa shape index (κ1) is 15.1. The molecule has 0 aliphatic heterocycles. The Kier molecular flexibility index (Phi) is 3.75. The van der Waals surface area contributed by atoms with Crippen LogP contribution in [0.2, 0.25) is 0 Å². The van der Waals surface area contributed by atoms with Crippen molar-refractivity contribution in [2.24, 2.45) is 0 Å². The van der Waals surface area contributed by atoms with Crippen LogP contribution in [-0.2, 0) is 0 Å². The highest BCUT2D eigenvalue weighted by atomic mass is 16.4. The molecule has 4 rings (SSSR count). The molecule has 0 amide bonds. The van der Waals surface area contributed by atoms with Gasteiger partial charge in [-0.3, -0.25) is 4.79 Å². The van der Waals surface area contributed by atoms with Gasteiger partial charge in [0.2, 0.25) is 0 Å². The lowest BCUT2D eigenvalue weighted by Gasteiger charge is -2.04. The third-order valence-corrected chi connectivity index (χ3v) is 4.13. The molecule has 120 valence electrons. The molecule has 0 N–H and O–H groups in total. The molecule has 0 saturated heterocycles. The van der Waals surface area contributed by atoms with Crippen molar-refractivity contribution in [2.45, 2.75) is 0 Å². The number of allylic oxidation sites excluding steroid dienone is 1. The van der Waals surface area contributed by atoms with E-state index in [0.29, 0.717) is 5.58 Å². The van der Waals surface area contributed by atoms with Crippen LogP contribution in [0.25, 0.3) is 27.8 Å². The van der Waals surface area contributed by atoms with Crippen molar-refractivity contribution in [3.63, 3.8) is 0 Å². The van der Waals surface area contributed by atoms with E-state index < -0.39 is 5.63 Å². The summed E-state index contributed by atoms with van der Waals surface area (Å²) in [6.07, 6.45) is 3.09. The largest absolute Gasteiger partial charge is 0.422 e. The van der Waals surface area contributed by atoms with Gasteiger partial charge in [-0.05, 0) is 34.5 Å². The van der Waals surface area contributed by atoms with Gasteiger partial charge < -0.3 is 4.42 Å². The molecule has 4 aromatic rings. The van der Waals surface area contributed by atoms with Crippen LogP contribution in [0.1, 0.15) is 15.9 Å². The van der Waals surface area contributed by atoms with Gasteiger partial charge in [0.15, 0.2) is 5.78 Å². The normalized spacial score (nSPS) is 11.4. The standard InChI is InChI=1S/C22H14O3/c23-20(12-10-15-6-2-1-3-7-15)19-14-18-17-9-5-4-8-16(17)11-13-21(18)25-22(19)24/h1-14H/b12-10-. The molecule has 0 fully saturated rings. The fourth-order valence-electron chi connectivity index (χ4n) is 2.87. The molecule has 0 atom stereocenters.